The molecule has 0 aliphatic heterocycles. The summed E-state index contributed by atoms with van der Waals surface area (Å²) in [5.41, 5.74) is 1.05. The van der Waals surface area contributed by atoms with Gasteiger partial charge in [-0.1, -0.05) is 37.6 Å². The molecule has 0 N–H and O–H groups in total. The molecule has 0 spiro atoms. The third-order valence-corrected chi connectivity index (χ3v) is 3.13. The van der Waals surface area contributed by atoms with Crippen molar-refractivity contribution in [2.75, 3.05) is 0 Å². The summed E-state index contributed by atoms with van der Waals surface area (Å²) in [5, 5.41) is 0. The van der Waals surface area contributed by atoms with E-state index in [1.54, 1.807) is 12.2 Å². The largest absolute Gasteiger partial charge is 0.290 e. The summed E-state index contributed by atoms with van der Waals surface area (Å²) in [6, 6.07) is 0. The van der Waals surface area contributed by atoms with Crippen molar-refractivity contribution < 1.29 is 4.79 Å². The molecule has 1 aliphatic rings. The lowest BCUT2D eigenvalue weighted by atomic mass is 9.77. The summed E-state index contributed by atoms with van der Waals surface area (Å²) in [4.78, 5) is 11.5. The molecule has 1 heteroatoms. The Hall–Kier alpha value is -1.11. The van der Waals surface area contributed by atoms with Crippen LogP contribution < -0.4 is 0 Å². The molecule has 88 valence electrons. The molecule has 1 rings (SSSR count). The third kappa shape index (κ3) is 3.80. The van der Waals surface area contributed by atoms with Gasteiger partial charge in [0.25, 0.3) is 0 Å². The molecule has 0 heterocycles. The molecular weight excluding hydrogens is 196 g/mol. The Kier molecular flexibility index (Phi) is 4.72. The fourth-order valence-electron chi connectivity index (χ4n) is 2.22. The average molecular weight is 218 g/mol. The Morgan fingerprint density at radius 1 is 1.31 bits per heavy atom. The first kappa shape index (κ1) is 13.0. The van der Waals surface area contributed by atoms with Gasteiger partial charge in [-0.15, -0.1) is 0 Å². The van der Waals surface area contributed by atoms with Gasteiger partial charge in [-0.25, -0.2) is 0 Å². The summed E-state index contributed by atoms with van der Waals surface area (Å²) in [6.07, 6.45) is 11.1. The molecule has 0 bridgehead atoms. The fourth-order valence-corrected chi connectivity index (χ4v) is 2.22. The maximum absolute atomic E-state index is 11.5. The van der Waals surface area contributed by atoms with Gasteiger partial charge in [-0.05, 0) is 50.2 Å². The van der Waals surface area contributed by atoms with Crippen molar-refractivity contribution in [2.24, 2.45) is 17.8 Å². The van der Waals surface area contributed by atoms with E-state index in [4.69, 9.17) is 0 Å². The highest BCUT2D eigenvalue weighted by Gasteiger charge is 2.21. The van der Waals surface area contributed by atoms with Gasteiger partial charge in [0.15, 0.2) is 5.78 Å². The van der Waals surface area contributed by atoms with Crippen molar-refractivity contribution in [3.8, 4) is 0 Å². The summed E-state index contributed by atoms with van der Waals surface area (Å²) >= 11 is 0. The van der Waals surface area contributed by atoms with Gasteiger partial charge in [-0.3, -0.25) is 4.79 Å². The van der Waals surface area contributed by atoms with Gasteiger partial charge in [0.1, 0.15) is 0 Å². The number of hydrogen-bond donors (Lipinski definition) is 0. The van der Waals surface area contributed by atoms with E-state index in [-0.39, 0.29) is 5.78 Å². The molecule has 0 aromatic rings. The predicted octanol–water partition coefficient (Wildman–Crippen LogP) is 3.93. The van der Waals surface area contributed by atoms with Crippen LogP contribution in [0.2, 0.25) is 0 Å². The van der Waals surface area contributed by atoms with Gasteiger partial charge in [0, 0.05) is 0 Å². The van der Waals surface area contributed by atoms with Crippen molar-refractivity contribution in [1.29, 1.82) is 0 Å². The maximum Gasteiger partial charge on any atom is 0.178 e. The van der Waals surface area contributed by atoms with Crippen LogP contribution in [0.1, 0.15) is 34.1 Å². The van der Waals surface area contributed by atoms with Crippen molar-refractivity contribution in [3.05, 3.63) is 36.0 Å². The number of ketones is 1. The summed E-state index contributed by atoms with van der Waals surface area (Å²) in [7, 11) is 0. The Bertz CT molecular complexity index is 329. The Labute approximate surface area is 98.9 Å². The highest BCUT2D eigenvalue weighted by atomic mass is 16.1. The van der Waals surface area contributed by atoms with Crippen molar-refractivity contribution in [2.45, 2.75) is 34.1 Å². The first-order valence-electron chi connectivity index (χ1n) is 6.04. The summed E-state index contributed by atoms with van der Waals surface area (Å²) in [5.74, 6) is 1.78. The van der Waals surface area contributed by atoms with E-state index in [2.05, 4.69) is 32.1 Å². The quantitative estimate of drug-likeness (QED) is 0.518. The Morgan fingerprint density at radius 3 is 2.56 bits per heavy atom. The molecular formula is C15H22O. The summed E-state index contributed by atoms with van der Waals surface area (Å²) in [6.45, 7) is 8.35. The molecule has 0 fully saturated rings. The molecule has 3 atom stereocenters. The first-order valence-corrected chi connectivity index (χ1v) is 6.04. The molecule has 3 unspecified atom stereocenters. The van der Waals surface area contributed by atoms with Crippen molar-refractivity contribution in [3.63, 3.8) is 0 Å². The highest BCUT2D eigenvalue weighted by molar-refractivity contribution is 5.99. The molecule has 0 aromatic carbocycles. The van der Waals surface area contributed by atoms with Crippen LogP contribution in [0.25, 0.3) is 0 Å². The number of carbonyl (C=O) groups excluding carboxylic acids is 1. The molecule has 0 amide bonds. The second kappa shape index (κ2) is 5.83. The molecule has 1 nitrogen and oxygen atoms in total. The number of hydrogen-bond acceptors (Lipinski definition) is 1. The van der Waals surface area contributed by atoms with Gasteiger partial charge < -0.3 is 0 Å². The minimum Gasteiger partial charge on any atom is -0.290 e. The van der Waals surface area contributed by atoms with E-state index < -0.39 is 0 Å². The molecule has 0 saturated heterocycles. The topological polar surface area (TPSA) is 17.1 Å². The van der Waals surface area contributed by atoms with Crippen LogP contribution >= 0.6 is 0 Å². The first-order chi connectivity index (χ1) is 7.50. The summed E-state index contributed by atoms with van der Waals surface area (Å²) < 4.78 is 0. The highest BCUT2D eigenvalue weighted by Crippen LogP contribution is 2.30. The lowest BCUT2D eigenvalue weighted by Crippen LogP contribution is -2.19. The van der Waals surface area contributed by atoms with Crippen LogP contribution in [0.3, 0.4) is 0 Å². The minimum absolute atomic E-state index is 0.106. The molecule has 0 radical (unpaired) electrons. The van der Waals surface area contributed by atoms with Crippen molar-refractivity contribution in [1.82, 2.24) is 0 Å². The molecule has 0 aromatic heterocycles. The van der Waals surface area contributed by atoms with Crippen molar-refractivity contribution >= 4 is 5.78 Å². The number of allylic oxidation sites excluding steroid dienone is 6. The standard InChI is InChI=1S/C15H22O/c1-11(2)10-14(16)8-9-15-12(3)6-5-7-13(15)4/h5-6,8-10,12-13,15H,7H2,1-4H3. The molecule has 0 saturated carbocycles. The lowest BCUT2D eigenvalue weighted by Gasteiger charge is -2.28. The normalized spacial score (nSPS) is 29.4. The third-order valence-electron chi connectivity index (χ3n) is 3.13. The lowest BCUT2D eigenvalue weighted by molar-refractivity contribution is -0.110. The Morgan fingerprint density at radius 2 is 2.00 bits per heavy atom. The van der Waals surface area contributed by atoms with Gasteiger partial charge >= 0.3 is 0 Å². The number of rotatable bonds is 3. The second-order valence-corrected chi connectivity index (χ2v) is 5.06. The Balaban J connectivity index is 2.65. The van der Waals surface area contributed by atoms with E-state index >= 15 is 0 Å². The van der Waals surface area contributed by atoms with E-state index in [0.29, 0.717) is 17.8 Å². The number of carbonyl (C=O) groups is 1. The van der Waals surface area contributed by atoms with E-state index in [1.807, 2.05) is 13.8 Å². The van der Waals surface area contributed by atoms with Crippen LogP contribution in [0.15, 0.2) is 36.0 Å². The van der Waals surface area contributed by atoms with E-state index in [9.17, 15) is 4.79 Å². The SMILES string of the molecule is CC(C)=CC(=O)C=CC1C(C)C=CCC1C. The average Bonchev–Trinajstić information content (AvgIpc) is 2.15. The zero-order valence-electron chi connectivity index (χ0n) is 10.7. The predicted molar refractivity (Wildman–Crippen MR) is 69.2 cm³/mol. The van der Waals surface area contributed by atoms with E-state index in [1.165, 1.54) is 0 Å². The monoisotopic (exact) mass is 218 g/mol. The van der Waals surface area contributed by atoms with Crippen LogP contribution in [-0.4, -0.2) is 5.78 Å². The zero-order chi connectivity index (χ0) is 12.1. The minimum atomic E-state index is 0.106. The van der Waals surface area contributed by atoms with Crippen LogP contribution in [0.4, 0.5) is 0 Å². The van der Waals surface area contributed by atoms with E-state index in [0.717, 1.165) is 12.0 Å². The van der Waals surface area contributed by atoms with Gasteiger partial charge in [0.05, 0.1) is 0 Å². The van der Waals surface area contributed by atoms with Crippen LogP contribution in [0, 0.1) is 17.8 Å². The van der Waals surface area contributed by atoms with Crippen LogP contribution in [0.5, 0.6) is 0 Å². The van der Waals surface area contributed by atoms with Crippen LogP contribution in [-0.2, 0) is 4.79 Å². The van der Waals surface area contributed by atoms with Gasteiger partial charge in [0.2, 0.25) is 0 Å². The zero-order valence-corrected chi connectivity index (χ0v) is 10.7. The fraction of sp³-hybridized carbons (Fsp3) is 0.533. The maximum atomic E-state index is 11.5. The second-order valence-electron chi connectivity index (χ2n) is 5.06. The molecule has 1 aliphatic carbocycles. The smallest absolute Gasteiger partial charge is 0.178 e. The molecule has 16 heavy (non-hydrogen) atoms. The van der Waals surface area contributed by atoms with Gasteiger partial charge in [-0.2, -0.15) is 0 Å².